The molecule has 2 aromatic rings. The van der Waals surface area contributed by atoms with Crippen LogP contribution in [0.4, 0.5) is 0 Å². The molecule has 0 radical (unpaired) electrons. The van der Waals surface area contributed by atoms with E-state index in [1.54, 1.807) is 0 Å². The highest BCUT2D eigenvalue weighted by Gasteiger charge is 2.50. The van der Waals surface area contributed by atoms with Crippen LogP contribution in [0.5, 0.6) is 5.75 Å². The van der Waals surface area contributed by atoms with Crippen molar-refractivity contribution in [2.45, 2.75) is 64.1 Å². The lowest BCUT2D eigenvalue weighted by Gasteiger charge is -2.37. The number of hydrogen-bond acceptors (Lipinski definition) is 5. The Hall–Kier alpha value is -1.92. The molecule has 2 aliphatic heterocycles. The quantitative estimate of drug-likeness (QED) is 0.743. The molecule has 1 aliphatic carbocycles. The molecule has 156 valence electrons. The molecule has 1 aromatic carbocycles. The van der Waals surface area contributed by atoms with E-state index in [0.717, 1.165) is 51.4 Å². The van der Waals surface area contributed by atoms with Gasteiger partial charge in [0.2, 0.25) is 0 Å². The van der Waals surface area contributed by atoms with Gasteiger partial charge in [-0.1, -0.05) is 12.1 Å². The third-order valence-corrected chi connectivity index (χ3v) is 6.76. The minimum Gasteiger partial charge on any atom is -0.491 e. The van der Waals surface area contributed by atoms with E-state index in [2.05, 4.69) is 57.8 Å². The molecule has 0 bridgehead atoms. The Bertz CT molecular complexity index is 822. The van der Waals surface area contributed by atoms with Crippen molar-refractivity contribution < 1.29 is 9.47 Å². The lowest BCUT2D eigenvalue weighted by Crippen LogP contribution is -2.37. The third-order valence-electron chi connectivity index (χ3n) is 6.76. The van der Waals surface area contributed by atoms with Gasteiger partial charge >= 0.3 is 0 Å². The first-order valence-electron chi connectivity index (χ1n) is 11.1. The molecule has 3 aliphatic rings. The first-order chi connectivity index (χ1) is 14.1. The highest BCUT2D eigenvalue weighted by atomic mass is 16.5. The van der Waals surface area contributed by atoms with Crippen LogP contribution in [0, 0.1) is 5.41 Å². The van der Waals surface area contributed by atoms with Crippen LogP contribution in [0.25, 0.3) is 0 Å². The second-order valence-electron chi connectivity index (χ2n) is 9.34. The lowest BCUT2D eigenvalue weighted by molar-refractivity contribution is 0.0104. The second-order valence-corrected chi connectivity index (χ2v) is 9.34. The topological polar surface area (TPSA) is 52.4 Å². The number of benzene rings is 1. The van der Waals surface area contributed by atoms with Gasteiger partial charge < -0.3 is 14.0 Å². The van der Waals surface area contributed by atoms with Gasteiger partial charge in [-0.05, 0) is 62.6 Å². The number of hydrogen-bond donors (Lipinski definition) is 0. The molecule has 3 fully saturated rings. The third kappa shape index (κ3) is 3.92. The fourth-order valence-corrected chi connectivity index (χ4v) is 5.17. The summed E-state index contributed by atoms with van der Waals surface area (Å²) in [7, 11) is 0. The van der Waals surface area contributed by atoms with Crippen molar-refractivity contribution in [2.24, 2.45) is 5.41 Å². The average Bonchev–Trinajstić information content (AvgIpc) is 3.35. The molecule has 1 aromatic heterocycles. The fourth-order valence-electron chi connectivity index (χ4n) is 5.17. The van der Waals surface area contributed by atoms with E-state index in [4.69, 9.17) is 9.47 Å². The molecule has 1 spiro atoms. The van der Waals surface area contributed by atoms with Crippen molar-refractivity contribution in [3.8, 4) is 5.75 Å². The first-order valence-corrected chi connectivity index (χ1v) is 11.1. The summed E-state index contributed by atoms with van der Waals surface area (Å²) in [6.07, 6.45) is 6.93. The molecule has 6 nitrogen and oxygen atoms in total. The molecule has 0 N–H and O–H groups in total. The molecule has 6 heteroatoms. The summed E-state index contributed by atoms with van der Waals surface area (Å²) in [5.74, 6) is 2.59. The minimum atomic E-state index is 0.206. The minimum absolute atomic E-state index is 0.206. The number of aromatic nitrogens is 3. The summed E-state index contributed by atoms with van der Waals surface area (Å²) in [6.45, 7) is 8.99. The van der Waals surface area contributed by atoms with Gasteiger partial charge in [-0.3, -0.25) is 4.90 Å². The average molecular weight is 397 g/mol. The monoisotopic (exact) mass is 396 g/mol. The molecule has 0 amide bonds. The number of likely N-dealkylation sites (tertiary alicyclic amines) is 1. The van der Waals surface area contributed by atoms with Crippen LogP contribution >= 0.6 is 0 Å². The van der Waals surface area contributed by atoms with Crippen molar-refractivity contribution in [1.29, 1.82) is 0 Å². The smallest absolute Gasteiger partial charge is 0.138 e. The molecule has 1 atom stereocenters. The largest absolute Gasteiger partial charge is 0.491 e. The normalized spacial score (nSPS) is 24.4. The zero-order chi connectivity index (χ0) is 19.8. The van der Waals surface area contributed by atoms with Crippen molar-refractivity contribution >= 4 is 0 Å². The standard InChI is InChI=1S/C23H32N4O2/c1-17(2)29-20-7-3-18(4-8-20)13-26-14-21(23(15-26)9-11-28-12-10-23)22-25-24-16-27(22)19-5-6-19/h3-4,7-8,16-17,19,21H,5-6,9-15H2,1-2H3. The maximum atomic E-state index is 5.79. The zero-order valence-electron chi connectivity index (χ0n) is 17.6. The Labute approximate surface area is 173 Å². The van der Waals surface area contributed by atoms with E-state index in [-0.39, 0.29) is 11.5 Å². The van der Waals surface area contributed by atoms with Crippen molar-refractivity contribution in [1.82, 2.24) is 19.7 Å². The zero-order valence-corrected chi connectivity index (χ0v) is 17.6. The number of nitrogens with zero attached hydrogens (tertiary/aromatic N) is 4. The maximum absolute atomic E-state index is 5.79. The van der Waals surface area contributed by atoms with Crippen LogP contribution in [0.3, 0.4) is 0 Å². The Morgan fingerprint density at radius 1 is 1.17 bits per heavy atom. The highest BCUT2D eigenvalue weighted by molar-refractivity contribution is 5.28. The maximum Gasteiger partial charge on any atom is 0.138 e. The van der Waals surface area contributed by atoms with Crippen LogP contribution in [0.1, 0.15) is 62.9 Å². The van der Waals surface area contributed by atoms with Gasteiger partial charge in [0.1, 0.15) is 17.9 Å². The van der Waals surface area contributed by atoms with Gasteiger partial charge in [-0.25, -0.2) is 0 Å². The number of rotatable bonds is 6. The lowest BCUT2D eigenvalue weighted by atomic mass is 9.71. The molecule has 1 saturated carbocycles. The van der Waals surface area contributed by atoms with Crippen molar-refractivity contribution in [2.75, 3.05) is 26.3 Å². The highest BCUT2D eigenvalue weighted by Crippen LogP contribution is 2.50. The van der Waals surface area contributed by atoms with E-state index in [9.17, 15) is 0 Å². The first kappa shape index (κ1) is 19.1. The van der Waals surface area contributed by atoms with Crippen LogP contribution in [-0.2, 0) is 11.3 Å². The summed E-state index contributed by atoms with van der Waals surface area (Å²) in [5.41, 5.74) is 1.60. The van der Waals surface area contributed by atoms with Gasteiger partial charge in [0.05, 0.1) is 6.10 Å². The van der Waals surface area contributed by atoms with Gasteiger partial charge in [-0.15, -0.1) is 10.2 Å². The predicted molar refractivity (Wildman–Crippen MR) is 111 cm³/mol. The van der Waals surface area contributed by atoms with E-state index < -0.39 is 0 Å². The summed E-state index contributed by atoms with van der Waals surface area (Å²) in [6, 6.07) is 9.22. The summed E-state index contributed by atoms with van der Waals surface area (Å²) >= 11 is 0. The van der Waals surface area contributed by atoms with E-state index >= 15 is 0 Å². The molecule has 5 rings (SSSR count). The fraction of sp³-hybridized carbons (Fsp3) is 0.652. The van der Waals surface area contributed by atoms with Crippen LogP contribution in [0.15, 0.2) is 30.6 Å². The Kier molecular flexibility index (Phi) is 5.08. The van der Waals surface area contributed by atoms with Crippen molar-refractivity contribution in [3.05, 3.63) is 42.0 Å². The molecule has 29 heavy (non-hydrogen) atoms. The van der Waals surface area contributed by atoms with E-state index in [1.807, 2.05) is 6.33 Å². The van der Waals surface area contributed by atoms with Crippen molar-refractivity contribution in [3.63, 3.8) is 0 Å². The van der Waals surface area contributed by atoms with Crippen LogP contribution in [-0.4, -0.2) is 52.1 Å². The molecule has 2 saturated heterocycles. The van der Waals surface area contributed by atoms with Gasteiger partial charge in [0, 0.05) is 44.8 Å². The van der Waals surface area contributed by atoms with Crippen LogP contribution < -0.4 is 4.74 Å². The SMILES string of the molecule is CC(C)Oc1ccc(CN2CC(c3nncn3C3CC3)C3(CCOCC3)C2)cc1. The Balaban J connectivity index is 1.35. The molecular formula is C23H32N4O2. The predicted octanol–water partition coefficient (Wildman–Crippen LogP) is 3.80. The summed E-state index contributed by atoms with van der Waals surface area (Å²) in [4.78, 5) is 2.61. The molecule has 3 heterocycles. The molecule has 1 unspecified atom stereocenters. The summed E-state index contributed by atoms with van der Waals surface area (Å²) < 4.78 is 13.9. The summed E-state index contributed by atoms with van der Waals surface area (Å²) in [5, 5.41) is 8.92. The van der Waals surface area contributed by atoms with E-state index in [1.165, 1.54) is 24.2 Å². The van der Waals surface area contributed by atoms with Gasteiger partial charge in [-0.2, -0.15) is 0 Å². The van der Waals surface area contributed by atoms with E-state index in [0.29, 0.717) is 12.0 Å². The number of ether oxygens (including phenoxy) is 2. The Morgan fingerprint density at radius 2 is 1.93 bits per heavy atom. The second kappa shape index (κ2) is 7.73. The van der Waals surface area contributed by atoms with Gasteiger partial charge in [0.15, 0.2) is 0 Å². The molecular weight excluding hydrogens is 364 g/mol. The van der Waals surface area contributed by atoms with Gasteiger partial charge in [0.25, 0.3) is 0 Å². The Morgan fingerprint density at radius 3 is 2.62 bits per heavy atom. The van der Waals surface area contributed by atoms with Crippen LogP contribution in [0.2, 0.25) is 0 Å².